The van der Waals surface area contributed by atoms with E-state index in [9.17, 15) is 48.3 Å². The number of ether oxygens (including phenoxy) is 12. The Morgan fingerprint density at radius 2 is 0.940 bits per heavy atom. The van der Waals surface area contributed by atoms with Gasteiger partial charge in [-0.25, -0.2) is 9.59 Å². The summed E-state index contributed by atoms with van der Waals surface area (Å²) in [5.41, 5.74) is 3.73. The van der Waals surface area contributed by atoms with E-state index in [-0.39, 0.29) is 12.5 Å². The van der Waals surface area contributed by atoms with Crippen molar-refractivity contribution in [3.63, 3.8) is 0 Å². The molecule has 1 amide bonds. The van der Waals surface area contributed by atoms with Gasteiger partial charge in [0.05, 0.1) is 6.61 Å². The lowest BCUT2D eigenvalue weighted by molar-refractivity contribution is -0.361. The number of carbonyl (C=O) groups is 9. The first kappa shape index (κ1) is 51.3. The smallest absolute Gasteiger partial charge is 0.407 e. The van der Waals surface area contributed by atoms with E-state index in [2.05, 4.69) is 5.32 Å². The number of carbonyl (C=O) groups excluding carboxylic acids is 8. The summed E-state index contributed by atoms with van der Waals surface area (Å²) in [6.45, 7) is 4.63. The van der Waals surface area contributed by atoms with Gasteiger partial charge in [-0.05, 0) is 22.3 Å². The second-order valence-electron chi connectivity index (χ2n) is 15.4. The molecule has 0 spiro atoms. The highest BCUT2D eigenvalue weighted by Crippen LogP contribution is 2.44. The Morgan fingerprint density at radius 3 is 1.42 bits per heavy atom. The molecule has 2 aromatic carbocycles. The Hall–Kier alpha value is -6.69. The van der Waals surface area contributed by atoms with Gasteiger partial charge in [0.1, 0.15) is 38.1 Å². The summed E-state index contributed by atoms with van der Waals surface area (Å²) in [4.78, 5) is 112. The Morgan fingerprint density at radius 1 is 0.522 bits per heavy atom. The Labute approximate surface area is 382 Å². The maximum Gasteiger partial charge on any atom is 0.407 e. The van der Waals surface area contributed by atoms with E-state index in [1.54, 1.807) is 0 Å². The fraction of sp³-hybridized carbons (Fsp3) is 0.523. The minimum absolute atomic E-state index is 0.157. The third-order valence-electron chi connectivity index (χ3n) is 10.2. The molecule has 2 N–H and O–H groups in total. The second-order valence-corrected chi connectivity index (χ2v) is 15.4. The monoisotopic (exact) mass is 945 g/mol. The average molecular weight is 946 g/mol. The predicted molar refractivity (Wildman–Crippen MR) is 219 cm³/mol. The van der Waals surface area contributed by atoms with Gasteiger partial charge in [-0.1, -0.05) is 48.5 Å². The van der Waals surface area contributed by atoms with Gasteiger partial charge in [-0.3, -0.25) is 33.6 Å². The van der Waals surface area contributed by atoms with Gasteiger partial charge in [0.15, 0.2) is 49.1 Å². The van der Waals surface area contributed by atoms with Crippen molar-refractivity contribution in [3.8, 4) is 11.1 Å². The second kappa shape index (κ2) is 23.2. The fourth-order valence-electron chi connectivity index (χ4n) is 7.75. The number of rotatable bonds is 18. The van der Waals surface area contributed by atoms with Crippen LogP contribution in [0.1, 0.15) is 65.5 Å². The molecule has 1 aliphatic carbocycles. The quantitative estimate of drug-likeness (QED) is 0.158. The molecule has 364 valence electrons. The molecule has 67 heavy (non-hydrogen) atoms. The van der Waals surface area contributed by atoms with E-state index in [0.29, 0.717) is 0 Å². The van der Waals surface area contributed by atoms with Crippen molar-refractivity contribution in [2.75, 3.05) is 26.4 Å². The molecule has 0 aromatic heterocycles. The van der Waals surface area contributed by atoms with Crippen LogP contribution in [-0.4, -0.2) is 153 Å². The lowest BCUT2D eigenvalue weighted by atomic mass is 9.96. The normalized spacial score (nSPS) is 25.7. The highest BCUT2D eigenvalue weighted by atomic mass is 16.8. The molecule has 23 heteroatoms. The van der Waals surface area contributed by atoms with Gasteiger partial charge in [0.25, 0.3) is 0 Å². The van der Waals surface area contributed by atoms with E-state index in [0.717, 1.165) is 70.7 Å². The van der Waals surface area contributed by atoms with Crippen molar-refractivity contribution in [3.05, 3.63) is 59.7 Å². The van der Waals surface area contributed by atoms with E-state index in [4.69, 9.17) is 56.8 Å². The number of aliphatic carboxylic acids is 1. The third-order valence-corrected chi connectivity index (χ3v) is 10.2. The van der Waals surface area contributed by atoms with Crippen LogP contribution in [0.5, 0.6) is 0 Å². The van der Waals surface area contributed by atoms with Crippen molar-refractivity contribution in [1.82, 2.24) is 5.32 Å². The lowest BCUT2D eigenvalue weighted by Gasteiger charge is -2.48. The topological polar surface area (TPSA) is 297 Å². The molecule has 2 aromatic rings. The van der Waals surface area contributed by atoms with Crippen molar-refractivity contribution in [2.45, 2.75) is 122 Å². The largest absolute Gasteiger partial charge is 0.480 e. The number of carboxylic acids is 1. The van der Waals surface area contributed by atoms with Crippen LogP contribution in [0.2, 0.25) is 0 Å². The summed E-state index contributed by atoms with van der Waals surface area (Å²) in [7, 11) is 0. The fourth-order valence-corrected chi connectivity index (χ4v) is 7.75. The van der Waals surface area contributed by atoms with E-state index in [1.165, 1.54) is 0 Å². The van der Waals surface area contributed by atoms with E-state index < -0.39 is 141 Å². The van der Waals surface area contributed by atoms with Crippen LogP contribution in [0, 0.1) is 0 Å². The SMILES string of the molecule is CC(=O)OC[C@@H]1O[C@@H](O[C@H]2[C@@H](OC(C)=O)[C@@H](OC(C)=O)[C@H](OC[C@H](NC(=O)OCC3c4ccccc4-c4ccccc43)C(=O)O)O[C@H]2COC(C)=O)[C@@H](OC(C)=O)[C@H](OC(C)=O)[C@H]1OC(C)=O. The number of hydrogen-bond acceptors (Lipinski definition) is 21. The van der Waals surface area contributed by atoms with Crippen LogP contribution in [0.15, 0.2) is 48.5 Å². The Kier molecular flexibility index (Phi) is 17.7. The first-order chi connectivity index (χ1) is 31.7. The van der Waals surface area contributed by atoms with Crippen molar-refractivity contribution < 1.29 is 105 Å². The van der Waals surface area contributed by atoms with E-state index >= 15 is 0 Å². The highest BCUT2D eigenvalue weighted by Gasteiger charge is 2.58. The number of hydrogen-bond donors (Lipinski definition) is 2. The molecule has 2 fully saturated rings. The molecule has 2 aliphatic heterocycles. The molecule has 23 nitrogen and oxygen atoms in total. The molecular formula is C44H51NO22. The predicted octanol–water partition coefficient (Wildman–Crippen LogP) is 1.61. The summed E-state index contributed by atoms with van der Waals surface area (Å²) in [5, 5.41) is 12.4. The molecule has 0 unspecified atom stereocenters. The summed E-state index contributed by atoms with van der Waals surface area (Å²) in [5.74, 6) is -8.47. The molecule has 0 bridgehead atoms. The van der Waals surface area contributed by atoms with Crippen LogP contribution in [-0.2, 0) is 95.2 Å². The molecular weight excluding hydrogens is 894 g/mol. The highest BCUT2D eigenvalue weighted by molar-refractivity contribution is 5.81. The number of nitrogens with one attached hydrogen (secondary N) is 1. The van der Waals surface area contributed by atoms with Crippen LogP contribution in [0.25, 0.3) is 11.1 Å². The van der Waals surface area contributed by atoms with Crippen molar-refractivity contribution in [1.29, 1.82) is 0 Å². The number of alkyl carbamates (subject to hydrolysis) is 1. The average Bonchev–Trinajstić information content (AvgIpc) is 3.56. The number of amides is 1. The van der Waals surface area contributed by atoms with Crippen molar-refractivity contribution >= 4 is 53.8 Å². The van der Waals surface area contributed by atoms with Gasteiger partial charge in [0, 0.05) is 54.4 Å². The van der Waals surface area contributed by atoms with Crippen LogP contribution in [0.3, 0.4) is 0 Å². The zero-order valence-electron chi connectivity index (χ0n) is 37.4. The lowest BCUT2D eigenvalue weighted by Crippen LogP contribution is -2.67. The minimum Gasteiger partial charge on any atom is -0.480 e. The minimum atomic E-state index is -1.93. The first-order valence-electron chi connectivity index (χ1n) is 20.8. The maximum atomic E-state index is 13.2. The summed E-state index contributed by atoms with van der Waals surface area (Å²) in [6, 6.07) is 13.3. The number of benzene rings is 2. The summed E-state index contributed by atoms with van der Waals surface area (Å²) >= 11 is 0. The number of carboxylic acid groups (broad SMARTS) is 1. The van der Waals surface area contributed by atoms with Gasteiger partial charge in [-0.2, -0.15) is 0 Å². The summed E-state index contributed by atoms with van der Waals surface area (Å²) < 4.78 is 67.7. The van der Waals surface area contributed by atoms with Crippen LogP contribution in [0.4, 0.5) is 4.79 Å². The molecule has 0 saturated carbocycles. The number of fused-ring (bicyclic) bond motifs is 3. The van der Waals surface area contributed by atoms with Gasteiger partial charge in [0.2, 0.25) is 0 Å². The van der Waals surface area contributed by atoms with Crippen LogP contribution < -0.4 is 5.32 Å². The molecule has 11 atom stereocenters. The molecule has 2 heterocycles. The molecule has 5 rings (SSSR count). The van der Waals surface area contributed by atoms with Gasteiger partial charge < -0.3 is 67.3 Å². The first-order valence-corrected chi connectivity index (χ1v) is 20.8. The zero-order valence-corrected chi connectivity index (χ0v) is 37.4. The number of esters is 7. The van der Waals surface area contributed by atoms with Gasteiger partial charge >= 0.3 is 53.8 Å². The zero-order chi connectivity index (χ0) is 49.1. The van der Waals surface area contributed by atoms with Crippen LogP contribution >= 0.6 is 0 Å². The Bertz CT molecular complexity index is 2130. The van der Waals surface area contributed by atoms with Gasteiger partial charge in [-0.15, -0.1) is 0 Å². The molecule has 3 aliphatic rings. The third kappa shape index (κ3) is 13.7. The molecule has 0 radical (unpaired) electrons. The maximum absolute atomic E-state index is 13.2. The standard InChI is InChI=1S/C44H51NO22/c1-20(46)56-18-33-35(60-22(3)48)37(61-23(4)49)40(64-26(7)52)43(66-33)67-36-34(19-57-21(2)47)65-42(39(63-25(6)51)38(36)62-24(5)50)58-17-32(41(53)54)45-44(55)59-16-31-29-14-10-8-12-27(29)28-13-9-11-15-30(28)31/h8-15,31-40,42-43H,16-19H2,1-7H3,(H,45,55)(H,53,54)/t32-,33-,34-,35-,36+,37+,38+,39+,40-,42+,43-/m0/s1. The molecule has 2 saturated heterocycles. The van der Waals surface area contributed by atoms with Crippen molar-refractivity contribution in [2.24, 2.45) is 0 Å². The Balaban J connectivity index is 1.43. The van der Waals surface area contributed by atoms with E-state index in [1.807, 2.05) is 48.5 Å². The summed E-state index contributed by atoms with van der Waals surface area (Å²) in [6.07, 6.45) is -18.6.